The molecule has 1 aliphatic heterocycles. The van der Waals surface area contributed by atoms with Gasteiger partial charge in [-0.2, -0.15) is 0 Å². The van der Waals surface area contributed by atoms with Crippen molar-refractivity contribution in [1.82, 2.24) is 0 Å². The van der Waals surface area contributed by atoms with Gasteiger partial charge in [-0.05, 0) is 30.7 Å². The predicted molar refractivity (Wildman–Crippen MR) is 88.6 cm³/mol. The normalized spacial score (nSPS) is 16.7. The summed E-state index contributed by atoms with van der Waals surface area (Å²) in [6.45, 7) is 7.04. The van der Waals surface area contributed by atoms with Gasteiger partial charge in [0, 0.05) is 5.41 Å². The molecule has 0 fully saturated rings. The third-order valence-electron chi connectivity index (χ3n) is 3.50. The van der Waals surface area contributed by atoms with Gasteiger partial charge in [0.25, 0.3) is 0 Å². The predicted octanol–water partition coefficient (Wildman–Crippen LogP) is 3.63. The van der Waals surface area contributed by atoms with Crippen LogP contribution in [0.25, 0.3) is 6.08 Å². The number of hydrogen-bond donors (Lipinski definition) is 2. The molecular formula is C18H19NO4. The molecule has 0 spiro atoms. The SMILES string of the molecule is CC1=N/C(=C/c2ccc(C(=O)O)cc2)C(O)=C1C(=O)C(C)(C)C. The second-order valence-electron chi connectivity index (χ2n) is 6.46. The minimum absolute atomic E-state index is 0.135. The van der Waals surface area contributed by atoms with Gasteiger partial charge in [-0.25, -0.2) is 9.79 Å². The number of carboxylic acid groups (broad SMARTS) is 1. The Kier molecular flexibility index (Phi) is 4.23. The van der Waals surface area contributed by atoms with E-state index in [-0.39, 0.29) is 22.7 Å². The van der Waals surface area contributed by atoms with E-state index in [2.05, 4.69) is 4.99 Å². The molecule has 1 aliphatic rings. The van der Waals surface area contributed by atoms with E-state index in [4.69, 9.17) is 5.11 Å². The Morgan fingerprint density at radius 3 is 2.17 bits per heavy atom. The van der Waals surface area contributed by atoms with Gasteiger partial charge >= 0.3 is 5.97 Å². The smallest absolute Gasteiger partial charge is 0.335 e. The van der Waals surface area contributed by atoms with Crippen molar-refractivity contribution in [3.05, 3.63) is 52.4 Å². The lowest BCUT2D eigenvalue weighted by Gasteiger charge is -2.17. The molecule has 2 N–H and O–H groups in total. The van der Waals surface area contributed by atoms with Crippen molar-refractivity contribution in [2.75, 3.05) is 0 Å². The molecule has 23 heavy (non-hydrogen) atoms. The first-order valence-corrected chi connectivity index (χ1v) is 7.20. The zero-order chi connectivity index (χ0) is 17.4. The third kappa shape index (κ3) is 3.39. The van der Waals surface area contributed by atoms with E-state index in [0.717, 1.165) is 0 Å². The monoisotopic (exact) mass is 313 g/mol. The first-order valence-electron chi connectivity index (χ1n) is 7.20. The Bertz CT molecular complexity index is 759. The van der Waals surface area contributed by atoms with Gasteiger partial charge in [0.1, 0.15) is 5.70 Å². The highest BCUT2D eigenvalue weighted by molar-refractivity contribution is 6.25. The van der Waals surface area contributed by atoms with E-state index < -0.39 is 11.4 Å². The molecule has 0 aliphatic carbocycles. The fraction of sp³-hybridized carbons (Fsp3) is 0.278. The number of aliphatic imine (C=N–C) groups is 1. The van der Waals surface area contributed by atoms with Crippen LogP contribution in [0, 0.1) is 5.41 Å². The summed E-state index contributed by atoms with van der Waals surface area (Å²) in [5.74, 6) is -1.30. The quantitative estimate of drug-likeness (QED) is 0.892. The minimum Gasteiger partial charge on any atom is -0.505 e. The maximum Gasteiger partial charge on any atom is 0.335 e. The molecule has 1 aromatic rings. The second-order valence-corrected chi connectivity index (χ2v) is 6.46. The van der Waals surface area contributed by atoms with Crippen LogP contribution in [0.2, 0.25) is 0 Å². The van der Waals surface area contributed by atoms with Crippen LogP contribution in [-0.4, -0.2) is 27.7 Å². The van der Waals surface area contributed by atoms with Gasteiger partial charge in [0.05, 0.1) is 16.8 Å². The molecule has 0 unspecified atom stereocenters. The highest BCUT2D eigenvalue weighted by atomic mass is 16.4. The summed E-state index contributed by atoms with van der Waals surface area (Å²) >= 11 is 0. The lowest BCUT2D eigenvalue weighted by molar-refractivity contribution is -0.122. The first-order chi connectivity index (χ1) is 10.6. The van der Waals surface area contributed by atoms with E-state index in [1.165, 1.54) is 12.1 Å². The Morgan fingerprint density at radius 2 is 1.70 bits per heavy atom. The fourth-order valence-electron chi connectivity index (χ4n) is 2.22. The number of benzene rings is 1. The van der Waals surface area contributed by atoms with Crippen molar-refractivity contribution >= 4 is 23.5 Å². The van der Waals surface area contributed by atoms with E-state index in [9.17, 15) is 14.7 Å². The molecular weight excluding hydrogens is 294 g/mol. The zero-order valence-electron chi connectivity index (χ0n) is 13.5. The fourth-order valence-corrected chi connectivity index (χ4v) is 2.22. The van der Waals surface area contributed by atoms with Crippen LogP contribution >= 0.6 is 0 Å². The topological polar surface area (TPSA) is 87.0 Å². The molecule has 0 amide bonds. The molecule has 5 nitrogen and oxygen atoms in total. The number of carbonyl (C=O) groups excluding carboxylic acids is 1. The third-order valence-corrected chi connectivity index (χ3v) is 3.50. The highest BCUT2D eigenvalue weighted by Crippen LogP contribution is 2.31. The number of hydrogen-bond acceptors (Lipinski definition) is 4. The Labute approximate surface area is 134 Å². The van der Waals surface area contributed by atoms with Gasteiger partial charge in [-0.15, -0.1) is 0 Å². The number of allylic oxidation sites excluding steroid dienone is 1. The van der Waals surface area contributed by atoms with E-state index >= 15 is 0 Å². The summed E-state index contributed by atoms with van der Waals surface area (Å²) in [6.07, 6.45) is 1.62. The number of carbonyl (C=O) groups is 2. The molecule has 2 rings (SSSR count). The maximum absolute atomic E-state index is 12.4. The number of ketones is 1. The number of carboxylic acids is 1. The highest BCUT2D eigenvalue weighted by Gasteiger charge is 2.33. The average molecular weight is 313 g/mol. The Balaban J connectivity index is 2.40. The summed E-state index contributed by atoms with van der Waals surface area (Å²) in [4.78, 5) is 27.5. The van der Waals surface area contributed by atoms with Gasteiger partial charge in [0.2, 0.25) is 0 Å². The van der Waals surface area contributed by atoms with Crippen LogP contribution in [0.1, 0.15) is 43.6 Å². The molecule has 1 aromatic carbocycles. The summed E-state index contributed by atoms with van der Waals surface area (Å²) in [6, 6.07) is 6.20. The summed E-state index contributed by atoms with van der Waals surface area (Å²) in [5, 5.41) is 19.2. The molecule has 0 radical (unpaired) electrons. The lowest BCUT2D eigenvalue weighted by atomic mass is 9.84. The van der Waals surface area contributed by atoms with Crippen molar-refractivity contribution in [2.45, 2.75) is 27.7 Å². The van der Waals surface area contributed by atoms with Crippen LogP contribution in [0.3, 0.4) is 0 Å². The lowest BCUT2D eigenvalue weighted by Crippen LogP contribution is -2.25. The van der Waals surface area contributed by atoms with Gasteiger partial charge in [0.15, 0.2) is 11.5 Å². The molecule has 0 saturated heterocycles. The summed E-state index contributed by atoms with van der Waals surface area (Å²) in [5.41, 5.74) is 1.29. The van der Waals surface area contributed by atoms with Crippen molar-refractivity contribution in [3.63, 3.8) is 0 Å². The number of aliphatic hydroxyl groups excluding tert-OH is 1. The van der Waals surface area contributed by atoms with Crippen molar-refractivity contribution in [1.29, 1.82) is 0 Å². The largest absolute Gasteiger partial charge is 0.505 e. The Morgan fingerprint density at radius 1 is 1.13 bits per heavy atom. The van der Waals surface area contributed by atoms with E-state index in [0.29, 0.717) is 17.0 Å². The van der Waals surface area contributed by atoms with Gasteiger partial charge in [-0.1, -0.05) is 32.9 Å². The number of aliphatic hydroxyl groups is 1. The molecule has 0 saturated carbocycles. The summed E-state index contributed by atoms with van der Waals surface area (Å²) in [7, 11) is 0. The van der Waals surface area contributed by atoms with Crippen LogP contribution in [0.5, 0.6) is 0 Å². The zero-order valence-corrected chi connectivity index (χ0v) is 13.5. The number of aromatic carboxylic acids is 1. The average Bonchev–Trinajstić information content (AvgIpc) is 2.72. The van der Waals surface area contributed by atoms with Crippen molar-refractivity contribution in [2.24, 2.45) is 10.4 Å². The molecule has 120 valence electrons. The van der Waals surface area contributed by atoms with Crippen molar-refractivity contribution in [3.8, 4) is 0 Å². The van der Waals surface area contributed by atoms with Gasteiger partial charge in [-0.3, -0.25) is 4.79 Å². The standard InChI is InChI=1S/C18H19NO4/c1-10-14(16(21)18(2,3)4)15(20)13(19-10)9-11-5-7-12(8-6-11)17(22)23/h5-9,20H,1-4H3,(H,22,23)/b13-9+. The summed E-state index contributed by atoms with van der Waals surface area (Å²) < 4.78 is 0. The number of rotatable bonds is 3. The van der Waals surface area contributed by atoms with E-state index in [1.807, 2.05) is 0 Å². The molecule has 5 heteroatoms. The van der Waals surface area contributed by atoms with Gasteiger partial charge < -0.3 is 10.2 Å². The maximum atomic E-state index is 12.4. The minimum atomic E-state index is -1.00. The van der Waals surface area contributed by atoms with Crippen molar-refractivity contribution < 1.29 is 19.8 Å². The molecule has 0 aromatic heterocycles. The molecule has 0 bridgehead atoms. The molecule has 1 heterocycles. The second kappa shape index (κ2) is 5.83. The Hall–Kier alpha value is -2.69. The van der Waals surface area contributed by atoms with Crippen LogP contribution in [0.15, 0.2) is 46.3 Å². The molecule has 0 atom stereocenters. The number of Topliss-reactive ketones (excluding diaryl/α,β-unsaturated/α-hetero) is 1. The van der Waals surface area contributed by atoms with Crippen LogP contribution < -0.4 is 0 Å². The van der Waals surface area contributed by atoms with E-state index in [1.54, 1.807) is 45.9 Å². The van der Waals surface area contributed by atoms with Crippen LogP contribution in [-0.2, 0) is 4.79 Å². The van der Waals surface area contributed by atoms with Crippen LogP contribution in [0.4, 0.5) is 0 Å². The number of nitrogens with zero attached hydrogens (tertiary/aromatic N) is 1. The first kappa shape index (κ1) is 16.7.